The van der Waals surface area contributed by atoms with Gasteiger partial charge in [-0.2, -0.15) is 0 Å². The fraction of sp³-hybridized carbons (Fsp3) is 0.667. The molecule has 0 unspecified atom stereocenters. The summed E-state index contributed by atoms with van der Waals surface area (Å²) in [5.74, 6) is 0.236. The predicted octanol–water partition coefficient (Wildman–Crippen LogP) is 0.631. The molecule has 2 saturated heterocycles. The molecular formula is C21H29N5O5. The summed E-state index contributed by atoms with van der Waals surface area (Å²) < 4.78 is 4.93. The van der Waals surface area contributed by atoms with Crippen LogP contribution in [0, 0.1) is 18.8 Å². The van der Waals surface area contributed by atoms with E-state index in [2.05, 4.69) is 10.5 Å². The summed E-state index contributed by atoms with van der Waals surface area (Å²) in [6.07, 6.45) is 3.71. The van der Waals surface area contributed by atoms with E-state index >= 15 is 0 Å². The van der Waals surface area contributed by atoms with E-state index in [0.29, 0.717) is 37.8 Å². The van der Waals surface area contributed by atoms with Crippen molar-refractivity contribution in [1.82, 2.24) is 19.9 Å². The third-order valence-corrected chi connectivity index (χ3v) is 6.47. The standard InChI is InChI=1S/C21H29N5O5/c1-14-12-17(23-31-14)22-18(27)13-24-8-10-25(11-9-24)19(28)6-7-26-20(29)15-4-2-3-5-16(15)21(26)30/h12,15-16H,2-11,13H2,1H3,(H,22,23,27)/t15-,16-/m1/s1. The number of carbonyl (C=O) groups is 4. The first kappa shape index (κ1) is 21.5. The predicted molar refractivity (Wildman–Crippen MR) is 110 cm³/mol. The molecule has 0 spiro atoms. The smallest absolute Gasteiger partial charge is 0.239 e. The van der Waals surface area contributed by atoms with Crippen LogP contribution in [0.2, 0.25) is 0 Å². The minimum Gasteiger partial charge on any atom is -0.360 e. The average Bonchev–Trinajstić information content (AvgIpc) is 3.27. The van der Waals surface area contributed by atoms with Crippen molar-refractivity contribution in [2.45, 2.75) is 39.0 Å². The Kier molecular flexibility index (Phi) is 6.35. The molecule has 2 atom stereocenters. The second-order valence-corrected chi connectivity index (χ2v) is 8.60. The van der Waals surface area contributed by atoms with Gasteiger partial charge in [-0.25, -0.2) is 0 Å². The monoisotopic (exact) mass is 431 g/mol. The lowest BCUT2D eigenvalue weighted by Crippen LogP contribution is -2.51. The van der Waals surface area contributed by atoms with Crippen LogP contribution in [0.3, 0.4) is 0 Å². The van der Waals surface area contributed by atoms with Gasteiger partial charge in [0.15, 0.2) is 5.82 Å². The number of nitrogens with one attached hydrogen (secondary N) is 1. The SMILES string of the molecule is Cc1cc(NC(=O)CN2CCN(C(=O)CCN3C(=O)[C@@H]4CCCC[C@H]4C3=O)CC2)no1. The molecule has 3 aliphatic rings. The van der Waals surface area contributed by atoms with Crippen LogP contribution in [0.5, 0.6) is 0 Å². The zero-order chi connectivity index (χ0) is 22.0. The molecule has 10 nitrogen and oxygen atoms in total. The Bertz CT molecular complexity index is 836. The number of hydrogen-bond acceptors (Lipinski definition) is 7. The summed E-state index contributed by atoms with van der Waals surface area (Å²) in [7, 11) is 0. The molecule has 4 rings (SSSR count). The van der Waals surface area contributed by atoms with Crippen molar-refractivity contribution >= 4 is 29.4 Å². The van der Waals surface area contributed by atoms with E-state index in [1.165, 1.54) is 4.90 Å². The second-order valence-electron chi connectivity index (χ2n) is 8.60. The van der Waals surface area contributed by atoms with E-state index in [-0.39, 0.29) is 55.0 Å². The Labute approximate surface area is 180 Å². The van der Waals surface area contributed by atoms with Crippen molar-refractivity contribution in [3.05, 3.63) is 11.8 Å². The summed E-state index contributed by atoms with van der Waals surface area (Å²) >= 11 is 0. The molecule has 0 aromatic carbocycles. The number of rotatable bonds is 6. The van der Waals surface area contributed by atoms with Gasteiger partial charge < -0.3 is 14.7 Å². The maximum Gasteiger partial charge on any atom is 0.239 e. The van der Waals surface area contributed by atoms with Gasteiger partial charge in [-0.1, -0.05) is 18.0 Å². The normalized spacial score (nSPS) is 24.4. The molecule has 1 aromatic heterocycles. The van der Waals surface area contributed by atoms with Crippen LogP contribution in [-0.4, -0.2) is 82.8 Å². The first-order valence-electron chi connectivity index (χ1n) is 11.0. The van der Waals surface area contributed by atoms with E-state index in [1.807, 2.05) is 4.90 Å². The fourth-order valence-corrected chi connectivity index (χ4v) is 4.78. The molecule has 0 radical (unpaired) electrons. The van der Waals surface area contributed by atoms with Gasteiger partial charge in [0, 0.05) is 45.2 Å². The van der Waals surface area contributed by atoms with Gasteiger partial charge in [0.1, 0.15) is 5.76 Å². The third kappa shape index (κ3) is 4.79. The van der Waals surface area contributed by atoms with Crippen molar-refractivity contribution in [2.75, 3.05) is 44.6 Å². The van der Waals surface area contributed by atoms with E-state index in [4.69, 9.17) is 4.52 Å². The highest BCUT2D eigenvalue weighted by Gasteiger charge is 2.47. The molecule has 3 fully saturated rings. The number of aromatic nitrogens is 1. The minimum absolute atomic E-state index is 0.0577. The van der Waals surface area contributed by atoms with E-state index in [0.717, 1.165) is 25.7 Å². The number of fused-ring (bicyclic) bond motifs is 1. The summed E-state index contributed by atoms with van der Waals surface area (Å²) in [6.45, 7) is 4.34. The molecule has 3 heterocycles. The van der Waals surface area contributed by atoms with Gasteiger partial charge in [0.25, 0.3) is 0 Å². The Morgan fingerprint density at radius 1 is 1.10 bits per heavy atom. The molecule has 168 valence electrons. The topological polar surface area (TPSA) is 116 Å². The van der Waals surface area contributed by atoms with Gasteiger partial charge in [0.05, 0.1) is 18.4 Å². The number of aryl methyl sites for hydroxylation is 1. The zero-order valence-corrected chi connectivity index (χ0v) is 17.8. The number of likely N-dealkylation sites (tertiary alicyclic amines) is 1. The molecule has 4 amide bonds. The molecule has 2 aliphatic heterocycles. The number of amides is 4. The molecule has 1 N–H and O–H groups in total. The van der Waals surface area contributed by atoms with Crippen molar-refractivity contribution in [3.63, 3.8) is 0 Å². The van der Waals surface area contributed by atoms with Crippen LogP contribution in [0.1, 0.15) is 37.9 Å². The Morgan fingerprint density at radius 3 is 2.32 bits per heavy atom. The number of carbonyl (C=O) groups excluding carboxylic acids is 4. The fourth-order valence-electron chi connectivity index (χ4n) is 4.78. The van der Waals surface area contributed by atoms with E-state index in [1.54, 1.807) is 17.9 Å². The number of nitrogens with zero attached hydrogens (tertiary/aromatic N) is 4. The van der Waals surface area contributed by atoms with Gasteiger partial charge in [0.2, 0.25) is 23.6 Å². The summed E-state index contributed by atoms with van der Waals surface area (Å²) in [5, 5.41) is 6.43. The molecule has 1 aromatic rings. The van der Waals surface area contributed by atoms with Crippen molar-refractivity contribution in [2.24, 2.45) is 11.8 Å². The first-order valence-corrected chi connectivity index (χ1v) is 11.0. The molecule has 1 aliphatic carbocycles. The van der Waals surface area contributed by atoms with E-state index in [9.17, 15) is 19.2 Å². The highest BCUT2D eigenvalue weighted by atomic mass is 16.5. The molecule has 31 heavy (non-hydrogen) atoms. The van der Waals surface area contributed by atoms with Crippen molar-refractivity contribution < 1.29 is 23.7 Å². The van der Waals surface area contributed by atoms with Gasteiger partial charge >= 0.3 is 0 Å². The lowest BCUT2D eigenvalue weighted by Gasteiger charge is -2.34. The zero-order valence-electron chi connectivity index (χ0n) is 17.8. The number of hydrogen-bond donors (Lipinski definition) is 1. The molecule has 0 bridgehead atoms. The largest absolute Gasteiger partial charge is 0.360 e. The van der Waals surface area contributed by atoms with Crippen LogP contribution in [-0.2, 0) is 19.2 Å². The lowest BCUT2D eigenvalue weighted by molar-refractivity contribution is -0.141. The summed E-state index contributed by atoms with van der Waals surface area (Å²) in [6, 6.07) is 1.65. The second kappa shape index (κ2) is 9.17. The first-order chi connectivity index (χ1) is 14.9. The molecule has 1 saturated carbocycles. The highest BCUT2D eigenvalue weighted by Crippen LogP contribution is 2.38. The molecule has 10 heteroatoms. The van der Waals surface area contributed by atoms with Crippen LogP contribution in [0.25, 0.3) is 0 Å². The maximum absolute atomic E-state index is 12.6. The van der Waals surface area contributed by atoms with Crippen molar-refractivity contribution in [1.29, 1.82) is 0 Å². The maximum atomic E-state index is 12.6. The summed E-state index contributed by atoms with van der Waals surface area (Å²) in [4.78, 5) is 54.9. The minimum atomic E-state index is -0.180. The van der Waals surface area contributed by atoms with Gasteiger partial charge in [-0.3, -0.25) is 29.0 Å². The highest BCUT2D eigenvalue weighted by molar-refractivity contribution is 6.05. The Hall–Kier alpha value is -2.75. The van der Waals surface area contributed by atoms with E-state index < -0.39 is 0 Å². The lowest BCUT2D eigenvalue weighted by atomic mass is 9.81. The van der Waals surface area contributed by atoms with Gasteiger partial charge in [-0.05, 0) is 19.8 Å². The van der Waals surface area contributed by atoms with Crippen LogP contribution < -0.4 is 5.32 Å². The third-order valence-electron chi connectivity index (χ3n) is 6.47. The Balaban J connectivity index is 1.19. The Morgan fingerprint density at radius 2 is 1.74 bits per heavy atom. The van der Waals surface area contributed by atoms with Gasteiger partial charge in [-0.15, -0.1) is 0 Å². The van der Waals surface area contributed by atoms with Crippen LogP contribution >= 0.6 is 0 Å². The number of anilines is 1. The molecular weight excluding hydrogens is 402 g/mol. The average molecular weight is 431 g/mol. The summed E-state index contributed by atoms with van der Waals surface area (Å²) in [5.41, 5.74) is 0. The van der Waals surface area contributed by atoms with Crippen LogP contribution in [0.4, 0.5) is 5.82 Å². The number of imide groups is 1. The quantitative estimate of drug-likeness (QED) is 0.657. The van der Waals surface area contributed by atoms with Crippen LogP contribution in [0.15, 0.2) is 10.6 Å². The van der Waals surface area contributed by atoms with Crippen molar-refractivity contribution in [3.8, 4) is 0 Å². The number of piperazine rings is 1.